The average Bonchev–Trinajstić information content (AvgIpc) is 2.47. The van der Waals surface area contributed by atoms with Crippen LogP contribution in [0.3, 0.4) is 0 Å². The Labute approximate surface area is 110 Å². The Bertz CT molecular complexity index is 776. The summed E-state index contributed by atoms with van der Waals surface area (Å²) < 4.78 is 5.87. The van der Waals surface area contributed by atoms with Crippen molar-refractivity contribution in [2.45, 2.75) is 6.54 Å². The fourth-order valence-corrected chi connectivity index (χ4v) is 2.14. The van der Waals surface area contributed by atoms with E-state index in [1.54, 1.807) is 6.07 Å². The molecule has 0 aliphatic rings. The molecule has 1 aromatic heterocycles. The minimum Gasteiger partial charge on any atom is -0.455 e. The van der Waals surface area contributed by atoms with E-state index in [9.17, 15) is 4.79 Å². The highest BCUT2D eigenvalue weighted by atomic mass is 16.3. The van der Waals surface area contributed by atoms with Gasteiger partial charge < -0.3 is 10.2 Å². The molecule has 0 unspecified atom stereocenters. The molecule has 3 heteroatoms. The van der Waals surface area contributed by atoms with Crippen LogP contribution in [-0.2, 0) is 6.54 Å². The van der Waals surface area contributed by atoms with Crippen molar-refractivity contribution >= 4 is 11.0 Å². The van der Waals surface area contributed by atoms with Crippen molar-refractivity contribution in [1.82, 2.24) is 0 Å². The van der Waals surface area contributed by atoms with Gasteiger partial charge in [-0.3, -0.25) is 4.79 Å². The number of benzene rings is 2. The fourth-order valence-electron chi connectivity index (χ4n) is 2.14. The third-order valence-electron chi connectivity index (χ3n) is 3.11. The molecule has 19 heavy (non-hydrogen) atoms. The van der Waals surface area contributed by atoms with Crippen LogP contribution in [0.2, 0.25) is 0 Å². The zero-order chi connectivity index (χ0) is 13.2. The van der Waals surface area contributed by atoms with Gasteiger partial charge in [0, 0.05) is 23.7 Å². The summed E-state index contributed by atoms with van der Waals surface area (Å²) in [5.41, 5.74) is 7.95. The first-order chi connectivity index (χ1) is 9.29. The zero-order valence-corrected chi connectivity index (χ0v) is 10.3. The summed E-state index contributed by atoms with van der Waals surface area (Å²) in [4.78, 5) is 12.1. The molecule has 0 amide bonds. The maximum Gasteiger partial charge on any atom is 0.193 e. The number of nitrogens with two attached hydrogens (primary N) is 1. The van der Waals surface area contributed by atoms with Crippen LogP contribution in [0.1, 0.15) is 5.56 Å². The van der Waals surface area contributed by atoms with E-state index in [1.807, 2.05) is 42.5 Å². The highest BCUT2D eigenvalue weighted by Gasteiger charge is 2.09. The maximum atomic E-state index is 12.1. The summed E-state index contributed by atoms with van der Waals surface area (Å²) in [6, 6.07) is 16.6. The van der Waals surface area contributed by atoms with Crippen molar-refractivity contribution in [3.63, 3.8) is 0 Å². The maximum absolute atomic E-state index is 12.1. The fraction of sp³-hybridized carbons (Fsp3) is 0.0625. The van der Waals surface area contributed by atoms with Crippen LogP contribution in [0.25, 0.3) is 22.3 Å². The van der Waals surface area contributed by atoms with E-state index >= 15 is 0 Å². The van der Waals surface area contributed by atoms with Crippen LogP contribution in [0, 0.1) is 0 Å². The smallest absolute Gasteiger partial charge is 0.193 e. The van der Waals surface area contributed by atoms with E-state index in [0.717, 1.165) is 11.1 Å². The molecule has 0 radical (unpaired) electrons. The molecule has 0 aliphatic carbocycles. The van der Waals surface area contributed by atoms with Gasteiger partial charge >= 0.3 is 0 Å². The van der Waals surface area contributed by atoms with Crippen LogP contribution in [0.15, 0.2) is 63.8 Å². The van der Waals surface area contributed by atoms with Crippen LogP contribution >= 0.6 is 0 Å². The Morgan fingerprint density at radius 2 is 1.79 bits per heavy atom. The minimum absolute atomic E-state index is 0.0459. The van der Waals surface area contributed by atoms with Gasteiger partial charge in [0.15, 0.2) is 5.43 Å². The molecule has 3 rings (SSSR count). The van der Waals surface area contributed by atoms with Gasteiger partial charge in [-0.25, -0.2) is 0 Å². The lowest BCUT2D eigenvalue weighted by atomic mass is 10.1. The van der Waals surface area contributed by atoms with Crippen molar-refractivity contribution in [2.24, 2.45) is 5.73 Å². The third-order valence-corrected chi connectivity index (χ3v) is 3.11. The molecule has 3 nitrogen and oxygen atoms in total. The van der Waals surface area contributed by atoms with Gasteiger partial charge in [0.1, 0.15) is 11.3 Å². The summed E-state index contributed by atoms with van der Waals surface area (Å²) in [5, 5.41) is 0.572. The lowest BCUT2D eigenvalue weighted by molar-refractivity contribution is 0.614. The summed E-state index contributed by atoms with van der Waals surface area (Å²) >= 11 is 0. The molecule has 2 aromatic carbocycles. The number of hydrogen-bond acceptors (Lipinski definition) is 3. The topological polar surface area (TPSA) is 56.2 Å². The van der Waals surface area contributed by atoms with Gasteiger partial charge in [0.2, 0.25) is 0 Å². The summed E-state index contributed by atoms with van der Waals surface area (Å²) in [6.07, 6.45) is 0. The van der Waals surface area contributed by atoms with E-state index in [0.29, 0.717) is 23.3 Å². The largest absolute Gasteiger partial charge is 0.455 e. The third kappa shape index (κ3) is 2.04. The number of rotatable bonds is 2. The van der Waals surface area contributed by atoms with Gasteiger partial charge in [-0.05, 0) is 6.07 Å². The van der Waals surface area contributed by atoms with Crippen LogP contribution in [-0.4, -0.2) is 0 Å². The highest BCUT2D eigenvalue weighted by molar-refractivity contribution is 5.81. The van der Waals surface area contributed by atoms with Crippen molar-refractivity contribution in [1.29, 1.82) is 0 Å². The molecule has 0 atom stereocenters. The van der Waals surface area contributed by atoms with Gasteiger partial charge in [-0.1, -0.05) is 42.5 Å². The summed E-state index contributed by atoms with van der Waals surface area (Å²) in [5.74, 6) is 0.569. The number of para-hydroxylation sites is 1. The second-order valence-electron chi connectivity index (χ2n) is 4.34. The molecule has 0 saturated carbocycles. The molecule has 0 spiro atoms. The van der Waals surface area contributed by atoms with Gasteiger partial charge in [-0.2, -0.15) is 0 Å². The first kappa shape index (κ1) is 11.7. The van der Waals surface area contributed by atoms with Gasteiger partial charge in [0.05, 0.1) is 5.39 Å². The quantitative estimate of drug-likeness (QED) is 0.761. The standard InChI is InChI=1S/C16H13NO2/c17-10-12-7-4-8-13-14(18)9-15(19-16(12)13)11-5-2-1-3-6-11/h1-9H,10,17H2. The normalized spacial score (nSPS) is 10.8. The van der Waals surface area contributed by atoms with Crippen LogP contribution in [0.5, 0.6) is 0 Å². The molecule has 0 aliphatic heterocycles. The molecule has 0 saturated heterocycles. The Kier molecular flexibility index (Phi) is 2.89. The van der Waals surface area contributed by atoms with Crippen molar-refractivity contribution in [2.75, 3.05) is 0 Å². The number of fused-ring (bicyclic) bond motifs is 1. The van der Waals surface area contributed by atoms with Crippen molar-refractivity contribution in [3.8, 4) is 11.3 Å². The molecule has 2 N–H and O–H groups in total. The highest BCUT2D eigenvalue weighted by Crippen LogP contribution is 2.23. The second kappa shape index (κ2) is 4.71. The Balaban J connectivity index is 2.33. The number of hydrogen-bond donors (Lipinski definition) is 1. The first-order valence-electron chi connectivity index (χ1n) is 6.11. The lowest BCUT2D eigenvalue weighted by Crippen LogP contribution is -2.04. The van der Waals surface area contributed by atoms with Gasteiger partial charge in [-0.15, -0.1) is 0 Å². The molecular formula is C16H13NO2. The van der Waals surface area contributed by atoms with E-state index in [4.69, 9.17) is 10.2 Å². The van der Waals surface area contributed by atoms with Crippen LogP contribution in [0.4, 0.5) is 0 Å². The average molecular weight is 251 g/mol. The van der Waals surface area contributed by atoms with E-state index in [1.165, 1.54) is 6.07 Å². The molecule has 94 valence electrons. The van der Waals surface area contributed by atoms with Crippen molar-refractivity contribution in [3.05, 3.63) is 70.4 Å². The molecule has 0 bridgehead atoms. The SMILES string of the molecule is NCc1cccc2c(=O)cc(-c3ccccc3)oc12. The van der Waals surface area contributed by atoms with Gasteiger partial charge in [0.25, 0.3) is 0 Å². The molecule has 3 aromatic rings. The molecular weight excluding hydrogens is 238 g/mol. The Hall–Kier alpha value is -2.39. The Morgan fingerprint density at radius 1 is 1.00 bits per heavy atom. The predicted octanol–water partition coefficient (Wildman–Crippen LogP) is 2.92. The first-order valence-corrected chi connectivity index (χ1v) is 6.11. The molecule has 1 heterocycles. The molecule has 0 fully saturated rings. The summed E-state index contributed by atoms with van der Waals surface area (Å²) in [6.45, 7) is 0.346. The van der Waals surface area contributed by atoms with E-state index in [2.05, 4.69) is 0 Å². The zero-order valence-electron chi connectivity index (χ0n) is 10.3. The monoisotopic (exact) mass is 251 g/mol. The second-order valence-corrected chi connectivity index (χ2v) is 4.34. The van der Waals surface area contributed by atoms with Crippen LogP contribution < -0.4 is 11.2 Å². The van der Waals surface area contributed by atoms with Crippen molar-refractivity contribution < 1.29 is 4.42 Å². The summed E-state index contributed by atoms with van der Waals surface area (Å²) in [7, 11) is 0. The lowest BCUT2D eigenvalue weighted by Gasteiger charge is -2.06. The van der Waals surface area contributed by atoms with E-state index in [-0.39, 0.29) is 5.43 Å². The minimum atomic E-state index is -0.0459. The Morgan fingerprint density at radius 3 is 2.53 bits per heavy atom. The predicted molar refractivity (Wildman–Crippen MR) is 75.8 cm³/mol. The van der Waals surface area contributed by atoms with E-state index < -0.39 is 0 Å².